The Bertz CT molecular complexity index is 448. The third-order valence-corrected chi connectivity index (χ3v) is 3.99. The maximum Gasteiger partial charge on any atom is 0.341 e. The number of anilines is 1. The summed E-state index contributed by atoms with van der Waals surface area (Å²) in [7, 11) is 0. The smallest absolute Gasteiger partial charge is 0.341 e. The summed E-state index contributed by atoms with van der Waals surface area (Å²) in [5.41, 5.74) is 0.533. The fourth-order valence-corrected chi connectivity index (χ4v) is 2.78. The first-order valence-electron chi connectivity index (χ1n) is 7.61. The van der Waals surface area contributed by atoms with Gasteiger partial charge in [0.25, 0.3) is 0 Å². The van der Waals surface area contributed by atoms with E-state index in [-0.39, 0.29) is 5.97 Å². The molecule has 1 aliphatic carbocycles. The fourth-order valence-electron chi connectivity index (χ4n) is 2.78. The SMILES string of the molecule is CCOC(=O)c1cccnc1NC1CCCCCC1C. The second kappa shape index (κ2) is 7.27. The van der Waals surface area contributed by atoms with Crippen molar-refractivity contribution < 1.29 is 9.53 Å². The van der Waals surface area contributed by atoms with Crippen LogP contribution in [0.2, 0.25) is 0 Å². The molecular formula is C16H24N2O2. The summed E-state index contributed by atoms with van der Waals surface area (Å²) in [6.45, 7) is 4.47. The van der Waals surface area contributed by atoms with Gasteiger partial charge in [-0.25, -0.2) is 9.78 Å². The Labute approximate surface area is 120 Å². The van der Waals surface area contributed by atoms with Crippen molar-refractivity contribution in [3.8, 4) is 0 Å². The van der Waals surface area contributed by atoms with Crippen LogP contribution in [0.4, 0.5) is 5.82 Å². The van der Waals surface area contributed by atoms with E-state index in [1.54, 1.807) is 18.3 Å². The van der Waals surface area contributed by atoms with Gasteiger partial charge in [-0.05, 0) is 37.8 Å². The molecule has 2 unspecified atom stereocenters. The average Bonchev–Trinajstić information content (AvgIpc) is 2.65. The lowest BCUT2D eigenvalue weighted by molar-refractivity contribution is 0.0527. The van der Waals surface area contributed by atoms with Gasteiger partial charge >= 0.3 is 5.97 Å². The third-order valence-electron chi connectivity index (χ3n) is 3.99. The molecule has 1 N–H and O–H groups in total. The van der Waals surface area contributed by atoms with Gasteiger partial charge in [-0.2, -0.15) is 0 Å². The van der Waals surface area contributed by atoms with E-state index in [1.807, 2.05) is 6.92 Å². The molecule has 2 atom stereocenters. The van der Waals surface area contributed by atoms with Gasteiger partial charge in [0.15, 0.2) is 0 Å². The zero-order valence-electron chi connectivity index (χ0n) is 12.4. The maximum atomic E-state index is 12.0. The van der Waals surface area contributed by atoms with Crippen molar-refractivity contribution >= 4 is 11.8 Å². The molecular weight excluding hydrogens is 252 g/mol. The van der Waals surface area contributed by atoms with Gasteiger partial charge in [-0.3, -0.25) is 0 Å². The molecule has 110 valence electrons. The van der Waals surface area contributed by atoms with Crippen LogP contribution in [0.1, 0.15) is 56.3 Å². The number of hydrogen-bond acceptors (Lipinski definition) is 4. The van der Waals surface area contributed by atoms with Gasteiger partial charge in [-0.1, -0.05) is 26.2 Å². The average molecular weight is 276 g/mol. The number of nitrogens with zero attached hydrogens (tertiary/aromatic N) is 1. The van der Waals surface area contributed by atoms with E-state index in [0.717, 1.165) is 6.42 Å². The van der Waals surface area contributed by atoms with Gasteiger partial charge in [0, 0.05) is 12.2 Å². The maximum absolute atomic E-state index is 12.0. The van der Waals surface area contributed by atoms with Crippen molar-refractivity contribution in [1.29, 1.82) is 0 Å². The number of rotatable bonds is 4. The first-order valence-corrected chi connectivity index (χ1v) is 7.61. The van der Waals surface area contributed by atoms with Crippen molar-refractivity contribution in [1.82, 2.24) is 4.98 Å². The summed E-state index contributed by atoms with van der Waals surface area (Å²) >= 11 is 0. The van der Waals surface area contributed by atoms with Gasteiger partial charge in [0.2, 0.25) is 0 Å². The number of ether oxygens (including phenoxy) is 1. The Morgan fingerprint density at radius 1 is 1.40 bits per heavy atom. The summed E-state index contributed by atoms with van der Waals surface area (Å²) in [5.74, 6) is 0.962. The van der Waals surface area contributed by atoms with E-state index in [0.29, 0.717) is 29.9 Å². The van der Waals surface area contributed by atoms with Crippen molar-refractivity contribution in [2.24, 2.45) is 5.92 Å². The molecule has 0 aromatic carbocycles. The Kier molecular flexibility index (Phi) is 5.39. The summed E-state index contributed by atoms with van der Waals surface area (Å²) < 4.78 is 5.09. The summed E-state index contributed by atoms with van der Waals surface area (Å²) in [6.07, 6.45) is 7.93. The minimum Gasteiger partial charge on any atom is -0.462 e. The Morgan fingerprint density at radius 3 is 3.00 bits per heavy atom. The van der Waals surface area contributed by atoms with Gasteiger partial charge in [-0.15, -0.1) is 0 Å². The van der Waals surface area contributed by atoms with Crippen LogP contribution in [-0.4, -0.2) is 23.6 Å². The van der Waals surface area contributed by atoms with Crippen molar-refractivity contribution in [3.05, 3.63) is 23.9 Å². The van der Waals surface area contributed by atoms with Crippen LogP contribution in [0.3, 0.4) is 0 Å². The highest BCUT2D eigenvalue weighted by atomic mass is 16.5. The highest BCUT2D eigenvalue weighted by Crippen LogP contribution is 2.26. The van der Waals surface area contributed by atoms with Crippen molar-refractivity contribution in [2.45, 2.75) is 52.0 Å². The first-order chi connectivity index (χ1) is 9.72. The van der Waals surface area contributed by atoms with E-state index in [4.69, 9.17) is 4.74 Å². The molecule has 1 aliphatic rings. The van der Waals surface area contributed by atoms with Crippen LogP contribution < -0.4 is 5.32 Å². The molecule has 0 bridgehead atoms. The molecule has 1 fully saturated rings. The minimum absolute atomic E-state index is 0.302. The Morgan fingerprint density at radius 2 is 2.20 bits per heavy atom. The highest BCUT2D eigenvalue weighted by Gasteiger charge is 2.22. The quantitative estimate of drug-likeness (QED) is 0.674. The number of esters is 1. The Balaban J connectivity index is 2.13. The standard InChI is InChI=1S/C16H24N2O2/c1-3-20-16(19)13-9-7-11-17-15(13)18-14-10-6-4-5-8-12(14)2/h7,9,11-12,14H,3-6,8,10H2,1-2H3,(H,17,18). The topological polar surface area (TPSA) is 51.2 Å². The van der Waals surface area contributed by atoms with E-state index >= 15 is 0 Å². The number of carbonyl (C=O) groups excluding carboxylic acids is 1. The van der Waals surface area contributed by atoms with Crippen molar-refractivity contribution in [2.75, 3.05) is 11.9 Å². The normalized spacial score (nSPS) is 22.9. The zero-order chi connectivity index (χ0) is 14.4. The molecule has 0 spiro atoms. The molecule has 4 nitrogen and oxygen atoms in total. The number of pyridine rings is 1. The van der Waals surface area contributed by atoms with Crippen LogP contribution in [0.25, 0.3) is 0 Å². The summed E-state index contributed by atoms with van der Waals surface area (Å²) in [5, 5.41) is 3.47. The summed E-state index contributed by atoms with van der Waals surface area (Å²) in [6, 6.07) is 3.93. The molecule has 0 aliphatic heterocycles. The molecule has 1 saturated carbocycles. The van der Waals surface area contributed by atoms with Crippen LogP contribution in [-0.2, 0) is 4.74 Å². The number of aromatic nitrogens is 1. The second-order valence-electron chi connectivity index (χ2n) is 5.49. The molecule has 2 rings (SSSR count). The van der Waals surface area contributed by atoms with Crippen LogP contribution >= 0.6 is 0 Å². The summed E-state index contributed by atoms with van der Waals surface area (Å²) in [4.78, 5) is 16.3. The lowest BCUT2D eigenvalue weighted by atomic mass is 9.97. The molecule has 20 heavy (non-hydrogen) atoms. The molecule has 0 radical (unpaired) electrons. The Hall–Kier alpha value is -1.58. The predicted octanol–water partition coefficient (Wildman–Crippen LogP) is 3.64. The highest BCUT2D eigenvalue weighted by molar-refractivity contribution is 5.94. The van der Waals surface area contributed by atoms with Crippen LogP contribution in [0.15, 0.2) is 18.3 Å². The molecule has 0 saturated heterocycles. The number of hydrogen-bond donors (Lipinski definition) is 1. The van der Waals surface area contributed by atoms with Gasteiger partial charge in [0.05, 0.1) is 6.61 Å². The van der Waals surface area contributed by atoms with Crippen molar-refractivity contribution in [3.63, 3.8) is 0 Å². The predicted molar refractivity (Wildman–Crippen MR) is 79.9 cm³/mol. The first kappa shape index (κ1) is 14.8. The van der Waals surface area contributed by atoms with Gasteiger partial charge in [0.1, 0.15) is 11.4 Å². The van der Waals surface area contributed by atoms with Crippen LogP contribution in [0, 0.1) is 5.92 Å². The van der Waals surface area contributed by atoms with Crippen LogP contribution in [0.5, 0.6) is 0 Å². The zero-order valence-corrected chi connectivity index (χ0v) is 12.4. The van der Waals surface area contributed by atoms with Gasteiger partial charge < -0.3 is 10.1 Å². The number of carbonyl (C=O) groups is 1. The monoisotopic (exact) mass is 276 g/mol. The molecule has 1 heterocycles. The molecule has 1 aromatic heterocycles. The fraction of sp³-hybridized carbons (Fsp3) is 0.625. The van der Waals surface area contributed by atoms with E-state index in [2.05, 4.69) is 17.2 Å². The molecule has 0 amide bonds. The molecule has 1 aromatic rings. The lowest BCUT2D eigenvalue weighted by Gasteiger charge is -2.24. The van der Waals surface area contributed by atoms with E-state index < -0.39 is 0 Å². The second-order valence-corrected chi connectivity index (χ2v) is 5.49. The largest absolute Gasteiger partial charge is 0.462 e. The third kappa shape index (κ3) is 3.71. The molecule has 4 heteroatoms. The van der Waals surface area contributed by atoms with E-state index in [1.165, 1.54) is 25.7 Å². The van der Waals surface area contributed by atoms with E-state index in [9.17, 15) is 4.79 Å². The number of nitrogens with one attached hydrogen (secondary N) is 1. The minimum atomic E-state index is -0.302. The lowest BCUT2D eigenvalue weighted by Crippen LogP contribution is -2.28.